The molecule has 36 heavy (non-hydrogen) atoms. The number of imidazole rings is 1. The fraction of sp³-hybridized carbons (Fsp3) is 0.179. The van der Waals surface area contributed by atoms with Gasteiger partial charge in [-0.1, -0.05) is 77.5 Å². The molecular weight excluding hydrogens is 492 g/mol. The molecule has 0 aliphatic carbocycles. The van der Waals surface area contributed by atoms with Crippen molar-refractivity contribution in [1.82, 2.24) is 14.5 Å². The second-order valence-electron chi connectivity index (χ2n) is 8.36. The smallest absolute Gasteiger partial charge is 0.233 e. The van der Waals surface area contributed by atoms with Gasteiger partial charge in [-0.25, -0.2) is 9.97 Å². The van der Waals surface area contributed by atoms with Crippen molar-refractivity contribution in [2.75, 3.05) is 18.6 Å². The number of fused-ring (bicyclic) bond motifs is 1. The number of methoxy groups -OCH3 is 1. The fourth-order valence-corrected chi connectivity index (χ4v) is 5.39. The van der Waals surface area contributed by atoms with Gasteiger partial charge in [-0.3, -0.25) is 9.69 Å². The molecule has 0 unspecified atom stereocenters. The van der Waals surface area contributed by atoms with Gasteiger partial charge in [0.2, 0.25) is 5.91 Å². The Morgan fingerprint density at radius 1 is 1.06 bits per heavy atom. The van der Waals surface area contributed by atoms with Crippen LogP contribution in [0.4, 0.5) is 5.13 Å². The van der Waals surface area contributed by atoms with E-state index < -0.39 is 0 Å². The number of anilines is 1. The number of ether oxygens (including phenoxy) is 1. The summed E-state index contributed by atoms with van der Waals surface area (Å²) >= 11 is 7.86. The summed E-state index contributed by atoms with van der Waals surface area (Å²) < 4.78 is 8.30. The number of halogens is 1. The molecule has 0 fully saturated rings. The van der Waals surface area contributed by atoms with Crippen LogP contribution in [0.25, 0.3) is 21.3 Å². The minimum absolute atomic E-state index is 0.0118. The van der Waals surface area contributed by atoms with Gasteiger partial charge < -0.3 is 9.30 Å². The molecule has 1 amide bonds. The molecule has 0 N–H and O–H groups in total. The van der Waals surface area contributed by atoms with Crippen molar-refractivity contribution in [1.29, 1.82) is 0 Å². The molecule has 0 aliphatic heterocycles. The third-order valence-electron chi connectivity index (χ3n) is 5.97. The van der Waals surface area contributed by atoms with E-state index in [1.165, 1.54) is 11.3 Å². The first-order chi connectivity index (χ1) is 17.6. The highest BCUT2D eigenvalue weighted by molar-refractivity contribution is 7.23. The molecule has 3 aromatic carbocycles. The summed E-state index contributed by atoms with van der Waals surface area (Å²) in [6.45, 7) is 1.28. The van der Waals surface area contributed by atoms with Crippen LogP contribution in [-0.2, 0) is 17.8 Å². The van der Waals surface area contributed by atoms with Gasteiger partial charge in [0.15, 0.2) is 5.13 Å². The average Bonchev–Trinajstić information content (AvgIpc) is 3.59. The molecule has 0 spiro atoms. The Bertz CT molecular complexity index is 1450. The predicted octanol–water partition coefficient (Wildman–Crippen LogP) is 6.49. The van der Waals surface area contributed by atoms with Crippen molar-refractivity contribution in [3.8, 4) is 16.9 Å². The quantitative estimate of drug-likeness (QED) is 0.225. The normalized spacial score (nSPS) is 11.1. The topological polar surface area (TPSA) is 60.2 Å². The molecule has 0 radical (unpaired) electrons. The predicted molar refractivity (Wildman–Crippen MR) is 146 cm³/mol. The number of thiazole rings is 1. The Morgan fingerprint density at radius 3 is 2.56 bits per heavy atom. The number of amides is 1. The van der Waals surface area contributed by atoms with Gasteiger partial charge >= 0.3 is 0 Å². The van der Waals surface area contributed by atoms with Crippen LogP contribution in [0.1, 0.15) is 12.0 Å². The Balaban J connectivity index is 1.39. The number of rotatable bonds is 9. The maximum atomic E-state index is 13.6. The molecule has 2 heterocycles. The third kappa shape index (κ3) is 5.27. The van der Waals surface area contributed by atoms with Gasteiger partial charge in [-0.15, -0.1) is 0 Å². The Morgan fingerprint density at radius 2 is 1.83 bits per heavy atom. The standard InChI is InChI=1S/C28H25ClN4O2S/c1-35-24-13-12-23(29)27-26(24)31-28(36-27)33(16-5-15-32-17-14-30-19-32)25(34)18-20-8-10-22(11-9-20)21-6-3-2-4-7-21/h2-4,6-14,17,19H,5,15-16,18H2,1H3. The van der Waals surface area contributed by atoms with E-state index in [0.29, 0.717) is 28.0 Å². The lowest BCUT2D eigenvalue weighted by Crippen LogP contribution is -2.33. The molecule has 0 saturated carbocycles. The minimum atomic E-state index is -0.0118. The zero-order valence-electron chi connectivity index (χ0n) is 19.8. The second-order valence-corrected chi connectivity index (χ2v) is 9.75. The maximum absolute atomic E-state index is 13.6. The number of aryl methyl sites for hydroxylation is 1. The van der Waals surface area contributed by atoms with Gasteiger partial charge in [0, 0.05) is 25.5 Å². The summed E-state index contributed by atoms with van der Waals surface area (Å²) in [5, 5.41) is 1.21. The van der Waals surface area contributed by atoms with E-state index in [-0.39, 0.29) is 12.3 Å². The van der Waals surface area contributed by atoms with Crippen molar-refractivity contribution < 1.29 is 9.53 Å². The Hall–Kier alpha value is -3.68. The second kappa shape index (κ2) is 10.9. The zero-order chi connectivity index (χ0) is 24.9. The molecule has 0 aliphatic rings. The highest BCUT2D eigenvalue weighted by Gasteiger charge is 2.22. The number of nitrogens with zero attached hydrogens (tertiary/aromatic N) is 4. The molecule has 5 rings (SSSR count). The summed E-state index contributed by atoms with van der Waals surface area (Å²) in [6, 6.07) is 21.9. The number of carbonyl (C=O) groups excluding carboxylic acids is 1. The molecule has 5 aromatic rings. The van der Waals surface area contributed by atoms with Gasteiger partial charge in [0.1, 0.15) is 11.3 Å². The number of aromatic nitrogens is 3. The first-order valence-electron chi connectivity index (χ1n) is 11.7. The van der Waals surface area contributed by atoms with Crippen LogP contribution >= 0.6 is 22.9 Å². The van der Waals surface area contributed by atoms with E-state index in [2.05, 4.69) is 29.2 Å². The number of hydrogen-bond donors (Lipinski definition) is 0. The van der Waals surface area contributed by atoms with Crippen LogP contribution in [0.2, 0.25) is 5.02 Å². The molecule has 6 nitrogen and oxygen atoms in total. The van der Waals surface area contributed by atoms with Crippen molar-refractivity contribution >= 4 is 44.2 Å². The van der Waals surface area contributed by atoms with Crippen molar-refractivity contribution in [2.45, 2.75) is 19.4 Å². The summed E-state index contributed by atoms with van der Waals surface area (Å²) in [5.41, 5.74) is 3.90. The van der Waals surface area contributed by atoms with Crippen molar-refractivity contribution in [3.63, 3.8) is 0 Å². The molecule has 2 aromatic heterocycles. The van der Waals surface area contributed by atoms with Crippen molar-refractivity contribution in [2.24, 2.45) is 0 Å². The van der Waals surface area contributed by atoms with E-state index in [0.717, 1.165) is 34.4 Å². The lowest BCUT2D eigenvalue weighted by molar-refractivity contribution is -0.118. The summed E-state index contributed by atoms with van der Waals surface area (Å²) in [5.74, 6) is 0.626. The van der Waals surface area contributed by atoms with Crippen LogP contribution in [0, 0.1) is 0 Å². The number of hydrogen-bond acceptors (Lipinski definition) is 5. The van der Waals surface area contributed by atoms with Gasteiger partial charge in [0.25, 0.3) is 0 Å². The highest BCUT2D eigenvalue weighted by Crippen LogP contribution is 2.39. The van der Waals surface area contributed by atoms with Crippen LogP contribution in [0.15, 0.2) is 85.5 Å². The first-order valence-corrected chi connectivity index (χ1v) is 12.9. The highest BCUT2D eigenvalue weighted by atomic mass is 35.5. The molecule has 182 valence electrons. The summed E-state index contributed by atoms with van der Waals surface area (Å²) in [7, 11) is 1.61. The zero-order valence-corrected chi connectivity index (χ0v) is 21.4. The van der Waals surface area contributed by atoms with E-state index in [1.807, 2.05) is 41.1 Å². The largest absolute Gasteiger partial charge is 0.494 e. The molecule has 0 bridgehead atoms. The SMILES string of the molecule is COc1ccc(Cl)c2sc(N(CCCn3ccnc3)C(=O)Cc3ccc(-c4ccccc4)cc3)nc12. The van der Waals surface area contributed by atoms with E-state index in [1.54, 1.807) is 36.7 Å². The first kappa shape index (κ1) is 24.0. The van der Waals surface area contributed by atoms with Gasteiger partial charge in [-0.05, 0) is 35.2 Å². The van der Waals surface area contributed by atoms with Crippen LogP contribution in [0.5, 0.6) is 5.75 Å². The van der Waals surface area contributed by atoms with E-state index in [4.69, 9.17) is 21.3 Å². The lowest BCUT2D eigenvalue weighted by atomic mass is 10.0. The molecule has 0 atom stereocenters. The van der Waals surface area contributed by atoms with E-state index >= 15 is 0 Å². The average molecular weight is 517 g/mol. The maximum Gasteiger partial charge on any atom is 0.233 e. The fourth-order valence-electron chi connectivity index (χ4n) is 4.09. The van der Waals surface area contributed by atoms with Crippen LogP contribution in [0.3, 0.4) is 0 Å². The molecule has 8 heteroatoms. The summed E-state index contributed by atoms with van der Waals surface area (Å²) in [4.78, 5) is 24.2. The minimum Gasteiger partial charge on any atom is -0.494 e. The summed E-state index contributed by atoms with van der Waals surface area (Å²) in [6.07, 6.45) is 6.49. The van der Waals surface area contributed by atoms with Gasteiger partial charge in [0.05, 0.1) is 29.6 Å². The Kier molecular flexibility index (Phi) is 7.30. The van der Waals surface area contributed by atoms with Gasteiger partial charge in [-0.2, -0.15) is 0 Å². The third-order valence-corrected chi connectivity index (χ3v) is 7.51. The number of benzene rings is 3. The van der Waals surface area contributed by atoms with E-state index in [9.17, 15) is 4.79 Å². The molecule has 0 saturated heterocycles. The number of carbonyl (C=O) groups is 1. The Labute approximate surface area is 218 Å². The van der Waals surface area contributed by atoms with Crippen molar-refractivity contribution in [3.05, 3.63) is 96.0 Å². The lowest BCUT2D eigenvalue weighted by Gasteiger charge is -2.20. The van der Waals surface area contributed by atoms with Crippen LogP contribution in [-0.4, -0.2) is 34.1 Å². The molecular formula is C28H25ClN4O2S. The monoisotopic (exact) mass is 516 g/mol. The van der Waals surface area contributed by atoms with Crippen LogP contribution < -0.4 is 9.64 Å².